The zero-order chi connectivity index (χ0) is 14.5. The molecule has 2 heterocycles. The van der Waals surface area contributed by atoms with Crippen LogP contribution in [0.2, 0.25) is 0 Å². The van der Waals surface area contributed by atoms with E-state index in [-0.39, 0.29) is 29.7 Å². The standard InChI is InChI=1S/C13H19N3O4/c1-2-19-13(18)16-7-5-9(6-8-16)15-12(17)10-3-4-11(14)20-10/h3-4,9H,2,5-8,14H2,1H3,(H,15,17). The lowest BCUT2D eigenvalue weighted by Crippen LogP contribution is -2.46. The number of hydrogen-bond donors (Lipinski definition) is 2. The van der Waals surface area contributed by atoms with Crippen molar-refractivity contribution in [3.8, 4) is 0 Å². The van der Waals surface area contributed by atoms with Gasteiger partial charge in [0, 0.05) is 25.2 Å². The number of nitrogens with zero attached hydrogens (tertiary/aromatic N) is 1. The van der Waals surface area contributed by atoms with Crippen LogP contribution >= 0.6 is 0 Å². The van der Waals surface area contributed by atoms with Gasteiger partial charge in [-0.25, -0.2) is 4.79 Å². The number of nitrogens with two attached hydrogens (primary N) is 1. The van der Waals surface area contributed by atoms with Crippen LogP contribution in [-0.4, -0.2) is 42.6 Å². The van der Waals surface area contributed by atoms with E-state index in [0.717, 1.165) is 0 Å². The third-order valence-electron chi connectivity index (χ3n) is 3.21. The fraction of sp³-hybridized carbons (Fsp3) is 0.538. The summed E-state index contributed by atoms with van der Waals surface area (Å²) in [7, 11) is 0. The van der Waals surface area contributed by atoms with Crippen LogP contribution in [-0.2, 0) is 4.74 Å². The molecule has 1 aliphatic heterocycles. The highest BCUT2D eigenvalue weighted by molar-refractivity contribution is 5.92. The van der Waals surface area contributed by atoms with Gasteiger partial charge in [0.05, 0.1) is 6.61 Å². The minimum absolute atomic E-state index is 0.0273. The first-order valence-corrected chi connectivity index (χ1v) is 6.68. The molecule has 0 spiro atoms. The van der Waals surface area contributed by atoms with Crippen molar-refractivity contribution >= 4 is 17.9 Å². The highest BCUT2D eigenvalue weighted by Gasteiger charge is 2.25. The van der Waals surface area contributed by atoms with E-state index in [0.29, 0.717) is 32.5 Å². The summed E-state index contributed by atoms with van der Waals surface area (Å²) in [5.74, 6) is 0.138. The van der Waals surface area contributed by atoms with Gasteiger partial charge in [-0.2, -0.15) is 0 Å². The second-order valence-electron chi connectivity index (χ2n) is 4.64. The molecular formula is C13H19N3O4. The van der Waals surface area contributed by atoms with Crippen LogP contribution in [0.5, 0.6) is 0 Å². The number of likely N-dealkylation sites (tertiary alicyclic amines) is 1. The van der Waals surface area contributed by atoms with E-state index in [9.17, 15) is 9.59 Å². The van der Waals surface area contributed by atoms with Gasteiger partial charge in [0.15, 0.2) is 11.6 Å². The molecule has 2 rings (SSSR count). The number of rotatable bonds is 3. The second kappa shape index (κ2) is 6.31. The van der Waals surface area contributed by atoms with E-state index < -0.39 is 0 Å². The molecule has 2 amide bonds. The monoisotopic (exact) mass is 281 g/mol. The molecule has 110 valence electrons. The van der Waals surface area contributed by atoms with Crippen molar-refractivity contribution in [2.45, 2.75) is 25.8 Å². The van der Waals surface area contributed by atoms with Gasteiger partial charge in [-0.1, -0.05) is 0 Å². The summed E-state index contributed by atoms with van der Waals surface area (Å²) < 4.78 is 10.00. The zero-order valence-electron chi connectivity index (χ0n) is 11.4. The van der Waals surface area contributed by atoms with Crippen LogP contribution in [0.25, 0.3) is 0 Å². The molecule has 0 atom stereocenters. The molecule has 1 saturated heterocycles. The predicted octanol–water partition coefficient (Wildman–Crippen LogP) is 1.21. The third kappa shape index (κ3) is 3.43. The Bertz CT molecular complexity index is 478. The largest absolute Gasteiger partial charge is 0.450 e. The average Bonchev–Trinajstić information content (AvgIpc) is 2.86. The van der Waals surface area contributed by atoms with Gasteiger partial charge in [0.25, 0.3) is 5.91 Å². The van der Waals surface area contributed by atoms with E-state index in [4.69, 9.17) is 14.9 Å². The zero-order valence-corrected chi connectivity index (χ0v) is 11.4. The molecule has 1 aromatic heterocycles. The Morgan fingerprint density at radius 3 is 2.70 bits per heavy atom. The van der Waals surface area contributed by atoms with Gasteiger partial charge in [-0.15, -0.1) is 0 Å². The number of ether oxygens (including phenoxy) is 1. The number of nitrogens with one attached hydrogen (secondary N) is 1. The minimum Gasteiger partial charge on any atom is -0.450 e. The molecule has 20 heavy (non-hydrogen) atoms. The molecule has 3 N–H and O–H groups in total. The summed E-state index contributed by atoms with van der Waals surface area (Å²) >= 11 is 0. The Balaban J connectivity index is 1.80. The van der Waals surface area contributed by atoms with Gasteiger partial charge < -0.3 is 25.1 Å². The molecule has 0 aromatic carbocycles. The molecule has 0 bridgehead atoms. The van der Waals surface area contributed by atoms with Crippen LogP contribution in [0.3, 0.4) is 0 Å². The van der Waals surface area contributed by atoms with Crippen molar-refractivity contribution in [3.63, 3.8) is 0 Å². The maximum atomic E-state index is 11.9. The number of hydrogen-bond acceptors (Lipinski definition) is 5. The average molecular weight is 281 g/mol. The van der Waals surface area contributed by atoms with Crippen LogP contribution in [0.4, 0.5) is 10.7 Å². The predicted molar refractivity (Wildman–Crippen MR) is 72.2 cm³/mol. The molecule has 0 saturated carbocycles. The van der Waals surface area contributed by atoms with Gasteiger partial charge in [-0.05, 0) is 25.8 Å². The van der Waals surface area contributed by atoms with Gasteiger partial charge in [-0.3, -0.25) is 4.79 Å². The summed E-state index contributed by atoms with van der Waals surface area (Å²) in [5, 5.41) is 2.87. The Morgan fingerprint density at radius 2 is 2.15 bits per heavy atom. The highest BCUT2D eigenvalue weighted by atomic mass is 16.6. The molecule has 7 heteroatoms. The Hall–Kier alpha value is -2.18. The summed E-state index contributed by atoms with van der Waals surface area (Å²) in [6.07, 6.45) is 1.10. The first-order valence-electron chi connectivity index (χ1n) is 6.68. The third-order valence-corrected chi connectivity index (χ3v) is 3.21. The summed E-state index contributed by atoms with van der Waals surface area (Å²) in [5.41, 5.74) is 5.42. The number of anilines is 1. The molecule has 7 nitrogen and oxygen atoms in total. The van der Waals surface area contributed by atoms with Crippen LogP contribution in [0.15, 0.2) is 16.5 Å². The number of furan rings is 1. The van der Waals surface area contributed by atoms with Crippen LogP contribution in [0.1, 0.15) is 30.3 Å². The van der Waals surface area contributed by atoms with Crippen molar-refractivity contribution in [2.24, 2.45) is 0 Å². The van der Waals surface area contributed by atoms with Crippen molar-refractivity contribution in [2.75, 3.05) is 25.4 Å². The Kier molecular flexibility index (Phi) is 4.49. The molecule has 0 radical (unpaired) electrons. The lowest BCUT2D eigenvalue weighted by atomic mass is 10.1. The minimum atomic E-state index is -0.295. The molecule has 1 aliphatic rings. The van der Waals surface area contributed by atoms with E-state index in [1.165, 1.54) is 6.07 Å². The van der Waals surface area contributed by atoms with E-state index in [2.05, 4.69) is 5.32 Å². The smallest absolute Gasteiger partial charge is 0.409 e. The van der Waals surface area contributed by atoms with Crippen LogP contribution < -0.4 is 11.1 Å². The lowest BCUT2D eigenvalue weighted by molar-refractivity contribution is 0.0841. The normalized spacial score (nSPS) is 15.9. The summed E-state index contributed by atoms with van der Waals surface area (Å²) in [6.45, 7) is 3.30. The molecule has 0 unspecified atom stereocenters. The Morgan fingerprint density at radius 1 is 1.45 bits per heavy atom. The van der Waals surface area contributed by atoms with Crippen molar-refractivity contribution < 1.29 is 18.7 Å². The maximum Gasteiger partial charge on any atom is 0.409 e. The number of nitrogen functional groups attached to an aromatic ring is 1. The SMILES string of the molecule is CCOC(=O)N1CCC(NC(=O)c2ccc(N)o2)CC1. The summed E-state index contributed by atoms with van der Waals surface area (Å²) in [6, 6.07) is 3.11. The first kappa shape index (κ1) is 14.2. The highest BCUT2D eigenvalue weighted by Crippen LogP contribution is 2.14. The fourth-order valence-electron chi connectivity index (χ4n) is 2.15. The first-order chi connectivity index (χ1) is 9.60. The molecular weight excluding hydrogens is 262 g/mol. The number of amides is 2. The number of piperidine rings is 1. The maximum absolute atomic E-state index is 11.9. The lowest BCUT2D eigenvalue weighted by Gasteiger charge is -2.31. The van der Waals surface area contributed by atoms with Crippen LogP contribution in [0, 0.1) is 0 Å². The van der Waals surface area contributed by atoms with Crippen molar-refractivity contribution in [1.82, 2.24) is 10.2 Å². The Labute approximate surface area is 117 Å². The fourth-order valence-corrected chi connectivity index (χ4v) is 2.15. The van der Waals surface area contributed by atoms with Gasteiger partial charge in [0.2, 0.25) is 0 Å². The quantitative estimate of drug-likeness (QED) is 0.868. The van der Waals surface area contributed by atoms with E-state index in [1.54, 1.807) is 17.9 Å². The van der Waals surface area contributed by atoms with E-state index >= 15 is 0 Å². The second-order valence-corrected chi connectivity index (χ2v) is 4.64. The van der Waals surface area contributed by atoms with E-state index in [1.807, 2.05) is 0 Å². The number of carbonyl (C=O) groups is 2. The van der Waals surface area contributed by atoms with Gasteiger partial charge in [0.1, 0.15) is 0 Å². The number of carbonyl (C=O) groups excluding carboxylic acids is 2. The van der Waals surface area contributed by atoms with Crippen molar-refractivity contribution in [3.05, 3.63) is 17.9 Å². The molecule has 1 aromatic rings. The molecule has 0 aliphatic carbocycles. The summed E-state index contributed by atoms with van der Waals surface area (Å²) in [4.78, 5) is 25.1. The van der Waals surface area contributed by atoms with Crippen molar-refractivity contribution in [1.29, 1.82) is 0 Å². The van der Waals surface area contributed by atoms with Gasteiger partial charge >= 0.3 is 6.09 Å². The topological polar surface area (TPSA) is 97.8 Å². The molecule has 1 fully saturated rings.